The lowest BCUT2D eigenvalue weighted by molar-refractivity contribution is 0.0812. The fourth-order valence-electron chi connectivity index (χ4n) is 3.73. The van der Waals surface area contributed by atoms with E-state index in [-0.39, 0.29) is 0 Å². The monoisotopic (exact) mass is 282 g/mol. The summed E-state index contributed by atoms with van der Waals surface area (Å²) >= 11 is 0. The second-order valence-electron chi connectivity index (χ2n) is 7.10. The first-order chi connectivity index (χ1) is 9.74. The Hall–Kier alpha value is -0.120. The molecule has 1 heterocycles. The second kappa shape index (κ2) is 8.35. The van der Waals surface area contributed by atoms with Gasteiger partial charge in [-0.2, -0.15) is 0 Å². The summed E-state index contributed by atoms with van der Waals surface area (Å²) in [5, 5.41) is 3.71. The summed E-state index contributed by atoms with van der Waals surface area (Å²) in [6.07, 6.45) is 8.08. The number of rotatable bonds is 6. The maximum atomic E-state index is 5.61. The van der Waals surface area contributed by atoms with Crippen molar-refractivity contribution in [2.45, 2.75) is 52.4 Å². The summed E-state index contributed by atoms with van der Waals surface area (Å²) in [5.74, 6) is 0.932. The van der Waals surface area contributed by atoms with Gasteiger partial charge in [-0.05, 0) is 43.6 Å². The zero-order valence-electron chi connectivity index (χ0n) is 13.6. The van der Waals surface area contributed by atoms with Gasteiger partial charge in [-0.15, -0.1) is 0 Å². The van der Waals surface area contributed by atoms with Gasteiger partial charge in [0.25, 0.3) is 0 Å². The zero-order chi connectivity index (χ0) is 14.3. The molecule has 0 unspecified atom stereocenters. The van der Waals surface area contributed by atoms with Crippen LogP contribution in [0.5, 0.6) is 0 Å². The Morgan fingerprint density at radius 2 is 2.00 bits per heavy atom. The Morgan fingerprint density at radius 1 is 1.20 bits per heavy atom. The van der Waals surface area contributed by atoms with Gasteiger partial charge < -0.3 is 15.0 Å². The molecular weight excluding hydrogens is 248 g/mol. The molecule has 0 aromatic carbocycles. The molecule has 3 nitrogen and oxygen atoms in total. The molecule has 3 heteroatoms. The molecule has 0 bridgehead atoms. The molecule has 1 saturated carbocycles. The first-order valence-corrected chi connectivity index (χ1v) is 8.75. The topological polar surface area (TPSA) is 24.5 Å². The number of nitrogens with zero attached hydrogens (tertiary/aromatic N) is 1. The molecule has 0 radical (unpaired) electrons. The number of ether oxygens (including phenoxy) is 1. The van der Waals surface area contributed by atoms with E-state index < -0.39 is 0 Å². The molecule has 0 aromatic rings. The standard InChI is InChI=1S/C17H34N2O/c1-3-9-18-14-17(7-5-16(2)6-8-17)15-19-10-4-12-20-13-11-19/h16,18H,3-15H2,1-2H3. The van der Waals surface area contributed by atoms with E-state index in [1.807, 2.05) is 0 Å². The van der Waals surface area contributed by atoms with Crippen LogP contribution in [0.25, 0.3) is 0 Å². The molecule has 1 aliphatic carbocycles. The van der Waals surface area contributed by atoms with Gasteiger partial charge in [0.2, 0.25) is 0 Å². The van der Waals surface area contributed by atoms with Crippen LogP contribution >= 0.6 is 0 Å². The first kappa shape index (κ1) is 16.3. The van der Waals surface area contributed by atoms with Crippen molar-refractivity contribution in [1.82, 2.24) is 10.2 Å². The van der Waals surface area contributed by atoms with E-state index in [1.165, 1.54) is 64.7 Å². The van der Waals surface area contributed by atoms with Crippen LogP contribution in [0.15, 0.2) is 0 Å². The molecule has 0 atom stereocenters. The zero-order valence-corrected chi connectivity index (χ0v) is 13.6. The molecule has 1 aliphatic heterocycles. The highest BCUT2D eigenvalue weighted by Crippen LogP contribution is 2.39. The molecule has 2 aliphatic rings. The van der Waals surface area contributed by atoms with Crippen LogP contribution in [-0.4, -0.2) is 50.8 Å². The number of nitrogens with one attached hydrogen (secondary N) is 1. The summed E-state index contributed by atoms with van der Waals surface area (Å²) in [6.45, 7) is 12.6. The Labute approximate surface area is 125 Å². The molecule has 1 N–H and O–H groups in total. The van der Waals surface area contributed by atoms with Gasteiger partial charge in [-0.3, -0.25) is 0 Å². The third-order valence-electron chi connectivity index (χ3n) is 5.14. The van der Waals surface area contributed by atoms with E-state index in [9.17, 15) is 0 Å². The lowest BCUT2D eigenvalue weighted by atomic mass is 9.70. The predicted molar refractivity (Wildman–Crippen MR) is 85.1 cm³/mol. The summed E-state index contributed by atoms with van der Waals surface area (Å²) in [7, 11) is 0. The molecule has 0 spiro atoms. The molecule has 1 saturated heterocycles. The van der Waals surface area contributed by atoms with Crippen molar-refractivity contribution in [2.24, 2.45) is 11.3 Å². The second-order valence-corrected chi connectivity index (χ2v) is 7.10. The van der Waals surface area contributed by atoms with Crippen LogP contribution in [0.4, 0.5) is 0 Å². The van der Waals surface area contributed by atoms with Crippen molar-refractivity contribution in [3.63, 3.8) is 0 Å². The van der Waals surface area contributed by atoms with Crippen molar-refractivity contribution in [2.75, 3.05) is 45.9 Å². The van der Waals surface area contributed by atoms with Gasteiger partial charge in [0.15, 0.2) is 0 Å². The molecular formula is C17H34N2O. The number of hydrogen-bond donors (Lipinski definition) is 1. The van der Waals surface area contributed by atoms with E-state index in [0.717, 1.165) is 25.7 Å². The van der Waals surface area contributed by atoms with E-state index in [4.69, 9.17) is 4.74 Å². The minimum absolute atomic E-state index is 0.520. The number of hydrogen-bond acceptors (Lipinski definition) is 3. The maximum absolute atomic E-state index is 5.61. The third kappa shape index (κ3) is 5.01. The predicted octanol–water partition coefficient (Wildman–Crippen LogP) is 2.90. The molecule has 0 amide bonds. The average molecular weight is 282 g/mol. The minimum Gasteiger partial charge on any atom is -0.380 e. The van der Waals surface area contributed by atoms with Crippen LogP contribution in [0.2, 0.25) is 0 Å². The van der Waals surface area contributed by atoms with Crippen molar-refractivity contribution in [3.8, 4) is 0 Å². The first-order valence-electron chi connectivity index (χ1n) is 8.75. The van der Waals surface area contributed by atoms with Crippen molar-refractivity contribution < 1.29 is 4.74 Å². The van der Waals surface area contributed by atoms with Crippen molar-refractivity contribution >= 4 is 0 Å². The highest BCUT2D eigenvalue weighted by atomic mass is 16.5. The third-order valence-corrected chi connectivity index (χ3v) is 5.14. The maximum Gasteiger partial charge on any atom is 0.0593 e. The van der Waals surface area contributed by atoms with Gasteiger partial charge in [-0.1, -0.05) is 26.7 Å². The largest absolute Gasteiger partial charge is 0.380 e. The molecule has 0 aromatic heterocycles. The Kier molecular flexibility index (Phi) is 6.79. The lowest BCUT2D eigenvalue weighted by Gasteiger charge is -2.43. The fourth-order valence-corrected chi connectivity index (χ4v) is 3.73. The molecule has 2 rings (SSSR count). The Morgan fingerprint density at radius 3 is 2.75 bits per heavy atom. The van der Waals surface area contributed by atoms with Crippen molar-refractivity contribution in [3.05, 3.63) is 0 Å². The molecule has 2 fully saturated rings. The Balaban J connectivity index is 1.90. The van der Waals surface area contributed by atoms with E-state index in [2.05, 4.69) is 24.1 Å². The van der Waals surface area contributed by atoms with Crippen LogP contribution in [0.3, 0.4) is 0 Å². The lowest BCUT2D eigenvalue weighted by Crippen LogP contribution is -2.47. The van der Waals surface area contributed by atoms with Crippen LogP contribution in [0, 0.1) is 11.3 Å². The van der Waals surface area contributed by atoms with Gasteiger partial charge in [0, 0.05) is 32.8 Å². The van der Waals surface area contributed by atoms with E-state index >= 15 is 0 Å². The smallest absolute Gasteiger partial charge is 0.0593 e. The quantitative estimate of drug-likeness (QED) is 0.758. The normalized spacial score (nSPS) is 33.0. The van der Waals surface area contributed by atoms with Gasteiger partial charge in [0.1, 0.15) is 0 Å². The Bertz CT molecular complexity index is 254. The summed E-state index contributed by atoms with van der Waals surface area (Å²) < 4.78 is 5.61. The van der Waals surface area contributed by atoms with Gasteiger partial charge in [-0.25, -0.2) is 0 Å². The minimum atomic E-state index is 0.520. The van der Waals surface area contributed by atoms with Crippen LogP contribution in [-0.2, 0) is 4.74 Å². The average Bonchev–Trinajstić information content (AvgIpc) is 2.71. The highest BCUT2D eigenvalue weighted by molar-refractivity contribution is 4.89. The van der Waals surface area contributed by atoms with Gasteiger partial charge >= 0.3 is 0 Å². The highest BCUT2D eigenvalue weighted by Gasteiger charge is 2.35. The van der Waals surface area contributed by atoms with Crippen LogP contribution in [0.1, 0.15) is 52.4 Å². The summed E-state index contributed by atoms with van der Waals surface area (Å²) in [6, 6.07) is 0. The molecule has 118 valence electrons. The molecule has 20 heavy (non-hydrogen) atoms. The summed E-state index contributed by atoms with van der Waals surface area (Å²) in [4.78, 5) is 2.66. The fraction of sp³-hybridized carbons (Fsp3) is 1.00. The van der Waals surface area contributed by atoms with Crippen LogP contribution < -0.4 is 5.32 Å². The van der Waals surface area contributed by atoms with E-state index in [1.54, 1.807) is 0 Å². The van der Waals surface area contributed by atoms with Crippen molar-refractivity contribution in [1.29, 1.82) is 0 Å². The summed E-state index contributed by atoms with van der Waals surface area (Å²) in [5.41, 5.74) is 0.520. The van der Waals surface area contributed by atoms with E-state index in [0.29, 0.717) is 5.41 Å². The SMILES string of the molecule is CCCNCC1(CN2CCCOCC2)CCC(C)CC1. The van der Waals surface area contributed by atoms with Gasteiger partial charge in [0.05, 0.1) is 6.61 Å².